The quantitative estimate of drug-likeness (QED) is 0.273. The fourth-order valence-corrected chi connectivity index (χ4v) is 3.46. The summed E-state index contributed by atoms with van der Waals surface area (Å²) in [5, 5.41) is 47.9. The van der Waals surface area contributed by atoms with Crippen molar-refractivity contribution in [3.8, 4) is 56.9 Å². The normalized spacial score (nSPS) is 9.27. The molecular formula is C32H33MnN2O10. The van der Waals surface area contributed by atoms with E-state index >= 15 is 0 Å². The minimum Gasteiger partial charge on any atom is -0.550 e. The molecule has 2 aromatic heterocycles. The smallest absolute Gasteiger partial charge is 0.550 e. The van der Waals surface area contributed by atoms with Crippen LogP contribution in [0, 0.1) is 0 Å². The van der Waals surface area contributed by atoms with E-state index in [4.69, 9.17) is 49.1 Å². The van der Waals surface area contributed by atoms with Gasteiger partial charge in [-0.15, -0.1) is 0 Å². The molecule has 2 N–H and O–H groups in total. The average Bonchev–Trinajstić information content (AvgIpc) is 2.95. The van der Waals surface area contributed by atoms with Crippen LogP contribution in [0.25, 0.3) is 33.9 Å². The summed E-state index contributed by atoms with van der Waals surface area (Å²) in [5.74, 6) is -2.30. The molecule has 4 rings (SSSR count). The Kier molecular flexibility index (Phi) is 18.4. The van der Waals surface area contributed by atoms with Crippen molar-refractivity contribution in [1.82, 2.24) is 9.97 Å². The summed E-state index contributed by atoms with van der Waals surface area (Å²) in [6, 6.07) is 21.8. The van der Waals surface area contributed by atoms with E-state index in [0.29, 0.717) is 58.6 Å². The standard InChI is InChI=1S/C26H24N2O4.3C2H4O2.Mn/c1-3-31-23-15-5-9-17(25(23)29)19-11-7-13-21(27-19)22-14-8-12-20(28-22)18-10-6-16-24(26(18)30)32-4-2;3*1-2(3)4;/h5-16,29-30H,3-4H2,1-2H3;3*1H3,(H,3,4);/q;;;;+3/p-3. The van der Waals surface area contributed by atoms with E-state index in [0.717, 1.165) is 20.8 Å². The number of phenols is 2. The number of aliphatic carboxylic acids is 3. The van der Waals surface area contributed by atoms with Gasteiger partial charge in [0.1, 0.15) is 0 Å². The largest absolute Gasteiger partial charge is 3.00 e. The Balaban J connectivity index is 0.00000128. The molecule has 4 aromatic rings. The van der Waals surface area contributed by atoms with Crippen molar-refractivity contribution in [1.29, 1.82) is 0 Å². The maximum atomic E-state index is 10.6. The molecule has 0 fully saturated rings. The number of rotatable bonds is 7. The monoisotopic (exact) mass is 660 g/mol. The molecule has 0 spiro atoms. The third-order valence-electron chi connectivity index (χ3n) is 4.91. The number of carbonyl (C=O) groups is 3. The summed E-state index contributed by atoms with van der Waals surface area (Å²) in [5.41, 5.74) is 3.66. The first-order valence-corrected chi connectivity index (χ1v) is 13.2. The van der Waals surface area contributed by atoms with Gasteiger partial charge in [0.2, 0.25) is 0 Å². The van der Waals surface area contributed by atoms with Crippen LogP contribution in [0.3, 0.4) is 0 Å². The van der Waals surface area contributed by atoms with Crippen molar-refractivity contribution in [3.63, 3.8) is 0 Å². The molecule has 45 heavy (non-hydrogen) atoms. The van der Waals surface area contributed by atoms with E-state index in [-0.39, 0.29) is 28.6 Å². The van der Waals surface area contributed by atoms with E-state index < -0.39 is 17.9 Å². The first-order chi connectivity index (χ1) is 20.8. The number of nitrogens with zero attached hydrogens (tertiary/aromatic N) is 2. The molecule has 0 aliphatic carbocycles. The van der Waals surface area contributed by atoms with E-state index in [1.54, 1.807) is 24.3 Å². The number of aromatic hydroxyl groups is 2. The van der Waals surface area contributed by atoms with Crippen LogP contribution in [0.1, 0.15) is 34.6 Å². The van der Waals surface area contributed by atoms with Crippen LogP contribution in [0.2, 0.25) is 0 Å². The molecule has 0 aliphatic rings. The van der Waals surface area contributed by atoms with E-state index in [9.17, 15) is 10.2 Å². The van der Waals surface area contributed by atoms with Gasteiger partial charge in [-0.3, -0.25) is 0 Å². The number of carbonyl (C=O) groups excluding carboxylic acids is 3. The molecule has 0 aliphatic heterocycles. The van der Waals surface area contributed by atoms with Gasteiger partial charge >= 0.3 is 17.1 Å². The summed E-state index contributed by atoms with van der Waals surface area (Å²) in [6.07, 6.45) is 0. The molecule has 0 radical (unpaired) electrons. The van der Waals surface area contributed by atoms with Crippen molar-refractivity contribution in [2.75, 3.05) is 13.2 Å². The van der Waals surface area contributed by atoms with E-state index in [1.807, 2.05) is 62.4 Å². The number of para-hydroxylation sites is 2. The van der Waals surface area contributed by atoms with Gasteiger partial charge in [-0.1, -0.05) is 24.3 Å². The van der Waals surface area contributed by atoms with Crippen molar-refractivity contribution in [2.45, 2.75) is 34.6 Å². The number of hydrogen-bond acceptors (Lipinski definition) is 12. The Hall–Kier alpha value is -5.13. The van der Waals surface area contributed by atoms with Gasteiger partial charge in [0, 0.05) is 29.0 Å². The summed E-state index contributed by atoms with van der Waals surface area (Å²) in [6.45, 7) is 7.56. The molecule has 0 saturated carbocycles. The Morgan fingerprint density at radius 1 is 0.578 bits per heavy atom. The first kappa shape index (κ1) is 39.9. The van der Waals surface area contributed by atoms with Gasteiger partial charge in [-0.25, -0.2) is 9.97 Å². The van der Waals surface area contributed by atoms with Crippen LogP contribution in [0.15, 0.2) is 72.8 Å². The Bertz CT molecular complexity index is 1410. The van der Waals surface area contributed by atoms with Crippen molar-refractivity contribution < 1.29 is 66.5 Å². The molecule has 13 heteroatoms. The summed E-state index contributed by atoms with van der Waals surface area (Å²) in [7, 11) is 0. The van der Waals surface area contributed by atoms with Crippen LogP contribution in [-0.4, -0.2) is 51.3 Å². The Labute approximate surface area is 271 Å². The second-order valence-electron chi connectivity index (χ2n) is 8.46. The fraction of sp³-hybridized carbons (Fsp3) is 0.219. The average molecular weight is 661 g/mol. The number of pyridine rings is 2. The van der Waals surface area contributed by atoms with Gasteiger partial charge in [0.25, 0.3) is 0 Å². The van der Waals surface area contributed by atoms with Crippen molar-refractivity contribution in [3.05, 3.63) is 72.8 Å². The van der Waals surface area contributed by atoms with Crippen molar-refractivity contribution >= 4 is 17.9 Å². The third-order valence-corrected chi connectivity index (χ3v) is 4.91. The van der Waals surface area contributed by atoms with Gasteiger partial charge in [-0.2, -0.15) is 0 Å². The minimum absolute atomic E-state index is 0. The van der Waals surface area contributed by atoms with E-state index in [1.165, 1.54) is 0 Å². The van der Waals surface area contributed by atoms with Gasteiger partial charge in [0.05, 0.1) is 36.0 Å². The number of benzene rings is 2. The second kappa shape index (κ2) is 20.7. The number of phenolic OH excluding ortho intramolecular Hbond substituents is 2. The molecule has 2 heterocycles. The second-order valence-corrected chi connectivity index (χ2v) is 8.46. The van der Waals surface area contributed by atoms with Crippen LogP contribution in [0.5, 0.6) is 23.0 Å². The molecular weight excluding hydrogens is 627 g/mol. The Morgan fingerprint density at radius 2 is 0.844 bits per heavy atom. The van der Waals surface area contributed by atoms with Gasteiger partial charge in [-0.05, 0) is 83.1 Å². The summed E-state index contributed by atoms with van der Waals surface area (Å²) in [4.78, 5) is 36.1. The predicted molar refractivity (Wildman–Crippen MR) is 156 cm³/mol. The summed E-state index contributed by atoms with van der Waals surface area (Å²) < 4.78 is 11.0. The maximum Gasteiger partial charge on any atom is 3.00 e. The van der Waals surface area contributed by atoms with Gasteiger partial charge in [0.15, 0.2) is 23.0 Å². The van der Waals surface area contributed by atoms with E-state index in [2.05, 4.69) is 0 Å². The SMILES string of the molecule is CC(=O)[O-].CC(=O)[O-].CC(=O)[O-].CCOc1cccc(-c2cccc(-c3cccc(-c4cccc(OCC)c4O)n3)n2)c1O.[Mn+3]. The first-order valence-electron chi connectivity index (χ1n) is 13.2. The molecule has 0 atom stereocenters. The number of carboxylic acid groups (broad SMARTS) is 3. The predicted octanol–water partition coefficient (Wildman–Crippen LogP) is 1.95. The fourth-order valence-electron chi connectivity index (χ4n) is 3.46. The molecule has 0 unspecified atom stereocenters. The molecule has 0 amide bonds. The number of ether oxygens (including phenoxy) is 2. The van der Waals surface area contributed by atoms with Crippen LogP contribution in [-0.2, 0) is 31.5 Å². The Morgan fingerprint density at radius 3 is 1.13 bits per heavy atom. The zero-order valence-electron chi connectivity index (χ0n) is 25.3. The molecule has 12 nitrogen and oxygen atoms in total. The van der Waals surface area contributed by atoms with Crippen LogP contribution < -0.4 is 24.8 Å². The zero-order valence-corrected chi connectivity index (χ0v) is 26.5. The molecule has 0 saturated heterocycles. The number of aromatic nitrogens is 2. The minimum atomic E-state index is -1.08. The molecule has 0 bridgehead atoms. The zero-order chi connectivity index (χ0) is 33.2. The number of carboxylic acids is 3. The maximum absolute atomic E-state index is 10.6. The third kappa shape index (κ3) is 14.3. The molecule has 2 aromatic carbocycles. The van der Waals surface area contributed by atoms with Crippen LogP contribution in [0.4, 0.5) is 0 Å². The summed E-state index contributed by atoms with van der Waals surface area (Å²) >= 11 is 0. The number of hydrogen-bond donors (Lipinski definition) is 2. The topological polar surface area (TPSA) is 205 Å². The van der Waals surface area contributed by atoms with Crippen LogP contribution >= 0.6 is 0 Å². The van der Waals surface area contributed by atoms with Crippen molar-refractivity contribution in [2.24, 2.45) is 0 Å². The van der Waals surface area contributed by atoms with Gasteiger partial charge < -0.3 is 49.4 Å². The molecule has 238 valence electrons.